The molecule has 0 aliphatic rings. The van der Waals surface area contributed by atoms with E-state index < -0.39 is 11.6 Å². The summed E-state index contributed by atoms with van der Waals surface area (Å²) < 4.78 is 27.5. The van der Waals surface area contributed by atoms with Gasteiger partial charge >= 0.3 is 0 Å². The molecule has 0 spiro atoms. The maximum Gasteiger partial charge on any atom is 0.168 e. The number of aromatic nitrogens is 2. The van der Waals surface area contributed by atoms with Crippen LogP contribution in [-0.2, 0) is 0 Å². The molecule has 2 rings (SSSR count). The summed E-state index contributed by atoms with van der Waals surface area (Å²) in [4.78, 5) is 8.46. The molecule has 0 atom stereocenters. The lowest BCUT2D eigenvalue weighted by Crippen LogP contribution is -2.01. The van der Waals surface area contributed by atoms with E-state index in [1.54, 1.807) is 6.07 Å². The van der Waals surface area contributed by atoms with Crippen LogP contribution >= 0.6 is 15.9 Å². The van der Waals surface area contributed by atoms with Gasteiger partial charge in [-0.2, -0.15) is 0 Å². The molecule has 0 fully saturated rings. The van der Waals surface area contributed by atoms with Gasteiger partial charge in [0.2, 0.25) is 0 Å². The molecule has 0 saturated heterocycles. The van der Waals surface area contributed by atoms with Gasteiger partial charge < -0.3 is 0 Å². The van der Waals surface area contributed by atoms with Crippen LogP contribution in [0, 0.1) is 11.6 Å². The first-order valence-electron chi connectivity index (χ1n) is 5.48. The third-order valence-electron chi connectivity index (χ3n) is 2.46. The standard InChI is InChI=1S/C13H11BrF2N2/c1-7(2)13-17-10(6-11(14)18-13)8-4-3-5-9(15)12(8)16/h3-7H,1-2H3. The first kappa shape index (κ1) is 13.1. The summed E-state index contributed by atoms with van der Waals surface area (Å²) >= 11 is 3.25. The third-order valence-corrected chi connectivity index (χ3v) is 2.86. The van der Waals surface area contributed by atoms with Crippen LogP contribution in [0.1, 0.15) is 25.6 Å². The fourth-order valence-electron chi connectivity index (χ4n) is 1.53. The molecule has 2 nitrogen and oxygen atoms in total. The van der Waals surface area contributed by atoms with E-state index in [0.29, 0.717) is 16.1 Å². The van der Waals surface area contributed by atoms with Crippen LogP contribution in [0.2, 0.25) is 0 Å². The summed E-state index contributed by atoms with van der Waals surface area (Å²) in [5.41, 5.74) is 0.512. The van der Waals surface area contributed by atoms with Gasteiger partial charge in [0.15, 0.2) is 11.6 Å². The maximum absolute atomic E-state index is 13.7. The monoisotopic (exact) mass is 312 g/mol. The largest absolute Gasteiger partial charge is 0.232 e. The quantitative estimate of drug-likeness (QED) is 0.772. The summed E-state index contributed by atoms with van der Waals surface area (Å²) in [5.74, 6) is -1.08. The minimum Gasteiger partial charge on any atom is -0.232 e. The van der Waals surface area contributed by atoms with Crippen molar-refractivity contribution in [2.75, 3.05) is 0 Å². The zero-order valence-corrected chi connectivity index (χ0v) is 11.5. The molecule has 0 amide bonds. The summed E-state index contributed by atoms with van der Waals surface area (Å²) in [6.45, 7) is 3.88. The van der Waals surface area contributed by atoms with Crippen molar-refractivity contribution < 1.29 is 8.78 Å². The van der Waals surface area contributed by atoms with Gasteiger partial charge in [0.25, 0.3) is 0 Å². The van der Waals surface area contributed by atoms with Crippen LogP contribution in [0.15, 0.2) is 28.9 Å². The van der Waals surface area contributed by atoms with E-state index in [1.165, 1.54) is 12.1 Å². The number of halogens is 3. The fourth-order valence-corrected chi connectivity index (χ4v) is 1.93. The van der Waals surface area contributed by atoms with Gasteiger partial charge in [-0.3, -0.25) is 0 Å². The van der Waals surface area contributed by atoms with Crippen molar-refractivity contribution in [3.05, 3.63) is 46.3 Å². The van der Waals surface area contributed by atoms with E-state index in [1.807, 2.05) is 13.8 Å². The van der Waals surface area contributed by atoms with Crippen molar-refractivity contribution >= 4 is 15.9 Å². The fraction of sp³-hybridized carbons (Fsp3) is 0.231. The average Bonchev–Trinajstić information content (AvgIpc) is 2.31. The van der Waals surface area contributed by atoms with Gasteiger partial charge in [0.1, 0.15) is 10.4 Å². The van der Waals surface area contributed by atoms with E-state index in [2.05, 4.69) is 25.9 Å². The maximum atomic E-state index is 13.7. The van der Waals surface area contributed by atoms with E-state index in [9.17, 15) is 8.78 Å². The van der Waals surface area contributed by atoms with Crippen LogP contribution in [0.5, 0.6) is 0 Å². The summed E-state index contributed by atoms with van der Waals surface area (Å²) in [6, 6.07) is 5.61. The van der Waals surface area contributed by atoms with Gasteiger partial charge in [-0.25, -0.2) is 18.7 Å². The molecule has 5 heteroatoms. The van der Waals surface area contributed by atoms with Crippen molar-refractivity contribution in [2.24, 2.45) is 0 Å². The lowest BCUT2D eigenvalue weighted by Gasteiger charge is -2.08. The highest BCUT2D eigenvalue weighted by molar-refractivity contribution is 9.10. The van der Waals surface area contributed by atoms with E-state index in [4.69, 9.17) is 0 Å². The van der Waals surface area contributed by atoms with E-state index >= 15 is 0 Å². The van der Waals surface area contributed by atoms with Gasteiger partial charge in [-0.05, 0) is 34.1 Å². The Bertz CT molecular complexity index is 585. The van der Waals surface area contributed by atoms with E-state index in [0.717, 1.165) is 6.07 Å². The Balaban J connectivity index is 2.60. The number of hydrogen-bond acceptors (Lipinski definition) is 2. The molecule has 0 bridgehead atoms. The second kappa shape index (κ2) is 5.10. The highest BCUT2D eigenvalue weighted by Crippen LogP contribution is 2.26. The summed E-state index contributed by atoms with van der Waals surface area (Å²) in [5, 5.41) is 0. The molecule has 0 aliphatic heterocycles. The predicted octanol–water partition coefficient (Wildman–Crippen LogP) is 4.31. The predicted molar refractivity (Wildman–Crippen MR) is 69.2 cm³/mol. The van der Waals surface area contributed by atoms with Gasteiger partial charge in [0.05, 0.1) is 5.69 Å². The molecular weight excluding hydrogens is 302 g/mol. The molecule has 0 aliphatic carbocycles. The molecule has 94 valence electrons. The number of nitrogens with zero attached hydrogens (tertiary/aromatic N) is 2. The zero-order chi connectivity index (χ0) is 13.3. The highest BCUT2D eigenvalue weighted by atomic mass is 79.9. The van der Waals surface area contributed by atoms with Crippen LogP contribution in [0.3, 0.4) is 0 Å². The smallest absolute Gasteiger partial charge is 0.168 e. The Morgan fingerprint density at radius 2 is 1.89 bits per heavy atom. The van der Waals surface area contributed by atoms with Crippen LogP contribution in [0.25, 0.3) is 11.3 Å². The zero-order valence-electron chi connectivity index (χ0n) is 9.92. The Labute approximate surface area is 112 Å². The van der Waals surface area contributed by atoms with Gasteiger partial charge in [0, 0.05) is 11.5 Å². The highest BCUT2D eigenvalue weighted by Gasteiger charge is 2.14. The normalized spacial score (nSPS) is 11.0. The minimum absolute atomic E-state index is 0.109. The number of rotatable bonds is 2. The Morgan fingerprint density at radius 1 is 1.17 bits per heavy atom. The Morgan fingerprint density at radius 3 is 2.56 bits per heavy atom. The average molecular weight is 313 g/mol. The van der Waals surface area contributed by atoms with Crippen molar-refractivity contribution in [3.8, 4) is 11.3 Å². The summed E-state index contributed by atoms with van der Waals surface area (Å²) in [7, 11) is 0. The SMILES string of the molecule is CC(C)c1nc(Br)cc(-c2cccc(F)c2F)n1. The second-order valence-corrected chi connectivity index (χ2v) is 5.00. The van der Waals surface area contributed by atoms with Gasteiger partial charge in [-0.15, -0.1) is 0 Å². The molecular formula is C13H11BrF2N2. The molecule has 1 heterocycles. The molecule has 18 heavy (non-hydrogen) atoms. The molecule has 1 aromatic carbocycles. The molecule has 0 saturated carbocycles. The van der Waals surface area contributed by atoms with Crippen LogP contribution in [0.4, 0.5) is 8.78 Å². The van der Waals surface area contributed by atoms with E-state index in [-0.39, 0.29) is 11.5 Å². The first-order valence-corrected chi connectivity index (χ1v) is 6.27. The number of hydrogen-bond donors (Lipinski definition) is 0. The molecule has 0 radical (unpaired) electrons. The first-order chi connectivity index (χ1) is 8.49. The number of benzene rings is 1. The van der Waals surface area contributed by atoms with Crippen LogP contribution in [-0.4, -0.2) is 9.97 Å². The van der Waals surface area contributed by atoms with Crippen molar-refractivity contribution in [3.63, 3.8) is 0 Å². The molecule has 1 aromatic heterocycles. The van der Waals surface area contributed by atoms with Crippen molar-refractivity contribution in [1.82, 2.24) is 9.97 Å². The van der Waals surface area contributed by atoms with Gasteiger partial charge in [-0.1, -0.05) is 19.9 Å². The van der Waals surface area contributed by atoms with Crippen molar-refractivity contribution in [2.45, 2.75) is 19.8 Å². The topological polar surface area (TPSA) is 25.8 Å². The second-order valence-electron chi connectivity index (χ2n) is 4.19. The lowest BCUT2D eigenvalue weighted by molar-refractivity contribution is 0.511. The molecule has 2 aromatic rings. The molecule has 0 N–H and O–H groups in total. The minimum atomic E-state index is -0.891. The Kier molecular flexibility index (Phi) is 3.71. The third kappa shape index (κ3) is 2.56. The molecule has 0 unspecified atom stereocenters. The Hall–Kier alpha value is -1.36. The summed E-state index contributed by atoms with van der Waals surface area (Å²) in [6.07, 6.45) is 0. The van der Waals surface area contributed by atoms with Crippen LogP contribution < -0.4 is 0 Å². The van der Waals surface area contributed by atoms with Crippen molar-refractivity contribution in [1.29, 1.82) is 0 Å². The lowest BCUT2D eigenvalue weighted by atomic mass is 10.1.